The molecule has 0 aromatic heterocycles. The van der Waals surface area contributed by atoms with E-state index in [0.29, 0.717) is 17.8 Å². The summed E-state index contributed by atoms with van der Waals surface area (Å²) in [6.45, 7) is 2.85. The van der Waals surface area contributed by atoms with Crippen LogP contribution < -0.4 is 10.1 Å². The van der Waals surface area contributed by atoms with Crippen molar-refractivity contribution in [3.63, 3.8) is 0 Å². The lowest BCUT2D eigenvalue weighted by Crippen LogP contribution is -2.43. The highest BCUT2D eigenvalue weighted by Gasteiger charge is 2.24. The van der Waals surface area contributed by atoms with Crippen LogP contribution in [0.5, 0.6) is 5.75 Å². The summed E-state index contributed by atoms with van der Waals surface area (Å²) in [5.74, 6) is -4.87. The minimum Gasteiger partial charge on any atom is -0.478 e. The van der Waals surface area contributed by atoms with Crippen LogP contribution in [0.3, 0.4) is 0 Å². The lowest BCUT2D eigenvalue weighted by Gasteiger charge is -2.15. The average Bonchev–Trinajstić information content (AvgIpc) is 2.71. The fourth-order valence-electron chi connectivity index (χ4n) is 2.60. The van der Waals surface area contributed by atoms with Gasteiger partial charge in [0, 0.05) is 24.3 Å². The topological polar surface area (TPSA) is 119 Å². The Labute approximate surface area is 185 Å². The summed E-state index contributed by atoms with van der Waals surface area (Å²) < 4.78 is 37.0. The summed E-state index contributed by atoms with van der Waals surface area (Å²) in [6, 6.07) is 5.31. The number of carbonyl (C=O) groups excluding carboxylic acids is 3. The Kier molecular flexibility index (Phi) is 8.71. The van der Waals surface area contributed by atoms with E-state index in [1.807, 2.05) is 0 Å². The van der Waals surface area contributed by atoms with E-state index in [4.69, 9.17) is 9.47 Å². The first-order valence-electron chi connectivity index (χ1n) is 9.23. The Bertz CT molecular complexity index is 1040. The van der Waals surface area contributed by atoms with E-state index >= 15 is 0 Å². The van der Waals surface area contributed by atoms with Gasteiger partial charge < -0.3 is 19.9 Å². The van der Waals surface area contributed by atoms with E-state index in [9.17, 15) is 33.1 Å². The zero-order valence-electron chi connectivity index (χ0n) is 17.0. The molecule has 0 heterocycles. The third kappa shape index (κ3) is 6.77. The average molecular weight is 467 g/mol. The van der Waals surface area contributed by atoms with Crippen molar-refractivity contribution >= 4 is 34.9 Å². The molecule has 8 nitrogen and oxygen atoms in total. The summed E-state index contributed by atoms with van der Waals surface area (Å²) in [5, 5.41) is 10.9. The first kappa shape index (κ1) is 24.8. The van der Waals surface area contributed by atoms with Gasteiger partial charge in [0.1, 0.15) is 29.0 Å². The number of hydrogen-bond acceptors (Lipinski definition) is 7. The molecule has 0 fully saturated rings. The summed E-state index contributed by atoms with van der Waals surface area (Å²) in [4.78, 5) is 46.9. The molecule has 1 unspecified atom stereocenters. The molecular formula is C21H19F2NO7S. The second-order valence-electron chi connectivity index (χ2n) is 6.31. The van der Waals surface area contributed by atoms with E-state index in [1.165, 1.54) is 13.0 Å². The maximum atomic E-state index is 14.0. The highest BCUT2D eigenvalue weighted by molar-refractivity contribution is 8.13. The molecule has 1 amide bonds. The first-order valence-corrected chi connectivity index (χ1v) is 10.2. The molecule has 0 saturated heterocycles. The highest BCUT2D eigenvalue weighted by atomic mass is 32.2. The number of nitrogens with one attached hydrogen (secondary N) is 1. The summed E-state index contributed by atoms with van der Waals surface area (Å²) in [6.07, 6.45) is 0. The molecule has 2 rings (SSSR count). The van der Waals surface area contributed by atoms with Crippen LogP contribution in [0, 0.1) is 11.6 Å². The van der Waals surface area contributed by atoms with Gasteiger partial charge in [-0.25, -0.2) is 23.2 Å². The fourth-order valence-corrected chi connectivity index (χ4v) is 3.28. The largest absolute Gasteiger partial charge is 0.478 e. The number of ether oxygens (including phenoxy) is 2. The predicted molar refractivity (Wildman–Crippen MR) is 111 cm³/mol. The van der Waals surface area contributed by atoms with Gasteiger partial charge in [-0.2, -0.15) is 0 Å². The van der Waals surface area contributed by atoms with Gasteiger partial charge in [-0.3, -0.25) is 4.79 Å². The summed E-state index contributed by atoms with van der Waals surface area (Å²) in [7, 11) is 0. The van der Waals surface area contributed by atoms with Gasteiger partial charge in [0.15, 0.2) is 0 Å². The Balaban J connectivity index is 2.17. The number of amides is 1. The Morgan fingerprint density at radius 2 is 1.84 bits per heavy atom. The monoisotopic (exact) mass is 467 g/mol. The second-order valence-corrected chi connectivity index (χ2v) is 7.26. The molecule has 2 N–H and O–H groups in total. The van der Waals surface area contributed by atoms with Gasteiger partial charge in [0.05, 0.1) is 6.61 Å². The van der Waals surface area contributed by atoms with Crippen molar-refractivity contribution in [2.24, 2.45) is 0 Å². The molecule has 2 aromatic rings. The molecule has 11 heteroatoms. The van der Waals surface area contributed by atoms with Crippen LogP contribution in [0.1, 0.15) is 24.2 Å². The van der Waals surface area contributed by atoms with Gasteiger partial charge in [0.2, 0.25) is 5.91 Å². The molecule has 0 bridgehead atoms. The van der Waals surface area contributed by atoms with Crippen LogP contribution in [-0.2, 0) is 14.3 Å². The van der Waals surface area contributed by atoms with Crippen molar-refractivity contribution in [2.45, 2.75) is 19.9 Å². The number of hydrogen-bond donors (Lipinski definition) is 2. The van der Waals surface area contributed by atoms with Gasteiger partial charge in [-0.15, -0.1) is 0 Å². The van der Waals surface area contributed by atoms with Gasteiger partial charge in [-0.05, 0) is 48.5 Å². The molecule has 0 aliphatic carbocycles. The Hall–Kier alpha value is -3.47. The molecule has 0 spiro atoms. The zero-order chi connectivity index (χ0) is 23.8. The van der Waals surface area contributed by atoms with E-state index in [0.717, 1.165) is 24.3 Å². The fraction of sp³-hybridized carbons (Fsp3) is 0.238. The third-order valence-electron chi connectivity index (χ3n) is 3.96. The van der Waals surface area contributed by atoms with Crippen molar-refractivity contribution in [1.29, 1.82) is 0 Å². The number of carboxylic acids is 1. The maximum absolute atomic E-state index is 14.0. The number of carboxylic acid groups (broad SMARTS) is 1. The van der Waals surface area contributed by atoms with Crippen molar-refractivity contribution in [2.75, 3.05) is 12.4 Å². The van der Waals surface area contributed by atoms with Crippen LogP contribution in [0.4, 0.5) is 13.6 Å². The van der Waals surface area contributed by atoms with Crippen molar-refractivity contribution in [3.8, 4) is 16.9 Å². The standard InChI is InChI=1S/C21H19F2NO7S/c1-3-30-20(28)17(24-11(2)25)10-32-21(29)31-18-7-4-12(8-15(18)19(26)27)14-6-5-13(22)9-16(14)23/h4-9,17H,3,10H2,1-2H3,(H,24,25)(H,26,27). The van der Waals surface area contributed by atoms with Crippen molar-refractivity contribution in [3.05, 3.63) is 53.6 Å². The minimum absolute atomic E-state index is 0.0336. The molecule has 170 valence electrons. The van der Waals surface area contributed by atoms with Crippen molar-refractivity contribution < 1.29 is 42.5 Å². The second kappa shape index (κ2) is 11.2. The Morgan fingerprint density at radius 1 is 1.12 bits per heavy atom. The molecular weight excluding hydrogens is 448 g/mol. The van der Waals surface area contributed by atoms with Crippen LogP contribution >= 0.6 is 11.8 Å². The van der Waals surface area contributed by atoms with E-state index in [2.05, 4.69) is 5.32 Å². The summed E-state index contributed by atoms with van der Waals surface area (Å²) in [5.41, 5.74) is -0.321. The quantitative estimate of drug-likeness (QED) is 0.565. The third-order valence-corrected chi connectivity index (χ3v) is 4.78. The zero-order valence-corrected chi connectivity index (χ0v) is 17.8. The van der Waals surface area contributed by atoms with Gasteiger partial charge >= 0.3 is 17.2 Å². The molecule has 0 saturated carbocycles. The lowest BCUT2D eigenvalue weighted by atomic mass is 10.0. The van der Waals surface area contributed by atoms with Crippen LogP contribution in [0.2, 0.25) is 0 Å². The van der Waals surface area contributed by atoms with E-state index in [-0.39, 0.29) is 29.2 Å². The number of carbonyl (C=O) groups is 4. The normalized spacial score (nSPS) is 11.4. The van der Waals surface area contributed by atoms with Crippen LogP contribution in [0.25, 0.3) is 11.1 Å². The van der Waals surface area contributed by atoms with Crippen LogP contribution in [0.15, 0.2) is 36.4 Å². The van der Waals surface area contributed by atoms with Crippen molar-refractivity contribution in [1.82, 2.24) is 5.32 Å². The number of rotatable bonds is 8. The minimum atomic E-state index is -1.44. The van der Waals surface area contributed by atoms with Crippen LogP contribution in [-0.4, -0.2) is 46.7 Å². The molecule has 1 atom stereocenters. The number of benzene rings is 2. The van der Waals surface area contributed by atoms with E-state index < -0.39 is 46.4 Å². The molecule has 32 heavy (non-hydrogen) atoms. The first-order chi connectivity index (χ1) is 15.1. The lowest BCUT2D eigenvalue weighted by molar-refractivity contribution is -0.146. The predicted octanol–water partition coefficient (Wildman–Crippen LogP) is 3.63. The summed E-state index contributed by atoms with van der Waals surface area (Å²) >= 11 is 0.529. The number of aromatic carboxylic acids is 1. The SMILES string of the molecule is CCOC(=O)C(CSC(=O)Oc1ccc(-c2ccc(F)cc2F)cc1C(=O)O)NC(C)=O. The molecule has 0 aliphatic heterocycles. The number of esters is 1. The smallest absolute Gasteiger partial charge is 0.372 e. The van der Waals surface area contributed by atoms with E-state index in [1.54, 1.807) is 6.92 Å². The molecule has 0 radical (unpaired) electrons. The molecule has 0 aliphatic rings. The molecule has 2 aromatic carbocycles. The number of halogens is 2. The van der Waals surface area contributed by atoms with Gasteiger partial charge in [-0.1, -0.05) is 6.07 Å². The van der Waals surface area contributed by atoms with Gasteiger partial charge in [0.25, 0.3) is 0 Å². The number of thioether (sulfide) groups is 1. The maximum Gasteiger partial charge on any atom is 0.372 e. The Morgan fingerprint density at radius 3 is 2.44 bits per heavy atom. The highest BCUT2D eigenvalue weighted by Crippen LogP contribution is 2.30.